The van der Waals surface area contributed by atoms with Gasteiger partial charge in [0.25, 0.3) is 5.91 Å². The van der Waals surface area contributed by atoms with E-state index in [0.717, 1.165) is 25.7 Å². The molecule has 0 aromatic carbocycles. The highest BCUT2D eigenvalue weighted by Crippen LogP contribution is 2.51. The monoisotopic (exact) mass is 512 g/mol. The number of carbonyl (C=O) groups is 2. The molecule has 0 saturated heterocycles. The number of hydrogen-bond acceptors (Lipinski definition) is 6. The first-order chi connectivity index (χ1) is 19.4. The molecule has 2 aliphatic carbocycles. The average molecular weight is 513 g/mol. The number of aryl methyl sites for hydroxylation is 2. The van der Waals surface area contributed by atoms with Crippen LogP contribution in [-0.4, -0.2) is 48.0 Å². The van der Waals surface area contributed by atoms with E-state index in [4.69, 9.17) is 5.48 Å². The number of hydrogen-bond donors (Lipinski definition) is 3. The zero-order valence-corrected chi connectivity index (χ0v) is 21.0. The minimum absolute atomic E-state index is 0.0427. The highest BCUT2D eigenvalue weighted by Gasteiger charge is 2.48. The summed E-state index contributed by atoms with van der Waals surface area (Å²) in [4.78, 5) is 30.8. The SMILES string of the molecule is [2H]C(c1[nH]nc(C)c1-c1ccc(NC(=O)[C@@H](NC(=O)c2cnnn2C(C)C)C(C2CC2)C2CC2)nc1F)C([2H])([2H])[2H]. The summed E-state index contributed by atoms with van der Waals surface area (Å²) in [6, 6.07) is 1.79. The van der Waals surface area contributed by atoms with Crippen LogP contribution in [0.4, 0.5) is 10.2 Å². The van der Waals surface area contributed by atoms with Crippen LogP contribution >= 0.6 is 0 Å². The van der Waals surface area contributed by atoms with Crippen LogP contribution in [0.3, 0.4) is 0 Å². The molecule has 2 saturated carbocycles. The van der Waals surface area contributed by atoms with Gasteiger partial charge in [0, 0.05) is 28.3 Å². The van der Waals surface area contributed by atoms with Crippen LogP contribution < -0.4 is 10.6 Å². The van der Waals surface area contributed by atoms with Crippen molar-refractivity contribution in [3.8, 4) is 11.1 Å². The number of nitrogens with zero attached hydrogens (tertiary/aromatic N) is 5. The second-order valence-corrected chi connectivity index (χ2v) is 10.1. The molecule has 196 valence electrons. The summed E-state index contributed by atoms with van der Waals surface area (Å²) in [6.07, 6.45) is 3.62. The highest BCUT2D eigenvalue weighted by molar-refractivity contribution is 6.00. The van der Waals surface area contributed by atoms with Gasteiger partial charge in [-0.1, -0.05) is 12.1 Å². The molecule has 37 heavy (non-hydrogen) atoms. The normalized spacial score (nSPS) is 19.1. The quantitative estimate of drug-likeness (QED) is 0.354. The van der Waals surface area contributed by atoms with Gasteiger partial charge < -0.3 is 10.6 Å². The Labute approximate surface area is 220 Å². The van der Waals surface area contributed by atoms with Crippen LogP contribution in [0.1, 0.15) is 79.8 Å². The van der Waals surface area contributed by atoms with Gasteiger partial charge in [0.05, 0.1) is 11.9 Å². The number of anilines is 1. The van der Waals surface area contributed by atoms with E-state index in [1.165, 1.54) is 23.0 Å². The Morgan fingerprint density at radius 3 is 2.62 bits per heavy atom. The van der Waals surface area contributed by atoms with Gasteiger partial charge in [0.15, 0.2) is 0 Å². The summed E-state index contributed by atoms with van der Waals surface area (Å²) >= 11 is 0. The maximum absolute atomic E-state index is 15.3. The molecule has 0 radical (unpaired) electrons. The Morgan fingerprint density at radius 2 is 2.00 bits per heavy atom. The number of aromatic amines is 1. The second-order valence-electron chi connectivity index (χ2n) is 10.1. The summed E-state index contributed by atoms with van der Waals surface area (Å²) in [5.74, 6) is -1.41. The molecule has 0 bridgehead atoms. The minimum Gasteiger partial charge on any atom is -0.339 e. The van der Waals surface area contributed by atoms with Crippen molar-refractivity contribution in [2.24, 2.45) is 17.8 Å². The van der Waals surface area contributed by atoms with Crippen molar-refractivity contribution in [2.75, 3.05) is 5.32 Å². The summed E-state index contributed by atoms with van der Waals surface area (Å²) in [6.45, 7) is 2.67. The largest absolute Gasteiger partial charge is 0.339 e. The third kappa shape index (κ3) is 5.12. The molecule has 3 N–H and O–H groups in total. The van der Waals surface area contributed by atoms with Gasteiger partial charge >= 0.3 is 0 Å². The maximum Gasteiger partial charge on any atom is 0.271 e. The minimum atomic E-state index is -2.65. The number of pyridine rings is 1. The number of amides is 2. The van der Waals surface area contributed by atoms with E-state index in [2.05, 4.69) is 36.1 Å². The van der Waals surface area contributed by atoms with E-state index in [1.54, 1.807) is 6.92 Å². The van der Waals surface area contributed by atoms with Gasteiger partial charge in [-0.05, 0) is 82.7 Å². The number of H-pyrrole nitrogens is 1. The molecule has 0 aliphatic heterocycles. The number of rotatable bonds is 10. The van der Waals surface area contributed by atoms with Gasteiger partial charge in [-0.15, -0.1) is 5.10 Å². The summed E-state index contributed by atoms with van der Waals surface area (Å²) in [5, 5.41) is 19.9. The first-order valence-electron chi connectivity index (χ1n) is 14.6. The lowest BCUT2D eigenvalue weighted by molar-refractivity contribution is -0.119. The Balaban J connectivity index is 1.40. The molecule has 11 heteroatoms. The molecule has 2 aliphatic rings. The molecule has 3 aromatic rings. The molecular formula is C26H33FN8O2. The lowest BCUT2D eigenvalue weighted by atomic mass is 9.88. The lowest BCUT2D eigenvalue weighted by Gasteiger charge is -2.27. The predicted molar refractivity (Wildman–Crippen MR) is 135 cm³/mol. The zero-order valence-electron chi connectivity index (χ0n) is 25.0. The lowest BCUT2D eigenvalue weighted by Crippen LogP contribution is -2.50. The Morgan fingerprint density at radius 1 is 1.27 bits per heavy atom. The van der Waals surface area contributed by atoms with Crippen LogP contribution in [0.25, 0.3) is 11.1 Å². The van der Waals surface area contributed by atoms with Gasteiger partial charge in [-0.25, -0.2) is 9.67 Å². The van der Waals surface area contributed by atoms with Crippen molar-refractivity contribution in [1.29, 1.82) is 0 Å². The van der Waals surface area contributed by atoms with Crippen molar-refractivity contribution in [2.45, 2.75) is 71.8 Å². The van der Waals surface area contributed by atoms with Crippen LogP contribution in [0.5, 0.6) is 0 Å². The summed E-state index contributed by atoms with van der Waals surface area (Å²) in [7, 11) is 0. The first kappa shape index (κ1) is 20.4. The molecule has 5 rings (SSSR count). The van der Waals surface area contributed by atoms with Crippen molar-refractivity contribution in [3.63, 3.8) is 0 Å². The van der Waals surface area contributed by atoms with Gasteiger partial charge in [0.1, 0.15) is 17.6 Å². The summed E-state index contributed by atoms with van der Waals surface area (Å²) in [5.41, 5.74) is 0.613. The van der Waals surface area contributed by atoms with E-state index in [9.17, 15) is 9.59 Å². The first-order valence-corrected chi connectivity index (χ1v) is 12.5. The Kier molecular flexibility index (Phi) is 5.54. The topological polar surface area (TPSA) is 130 Å². The van der Waals surface area contributed by atoms with E-state index in [0.29, 0.717) is 17.5 Å². The van der Waals surface area contributed by atoms with Crippen LogP contribution in [-0.2, 0) is 11.2 Å². The molecule has 10 nitrogen and oxygen atoms in total. The predicted octanol–water partition coefficient (Wildman–Crippen LogP) is 3.83. The number of nitrogens with one attached hydrogen (secondary N) is 3. The smallest absolute Gasteiger partial charge is 0.271 e. The van der Waals surface area contributed by atoms with Gasteiger partial charge in [-0.2, -0.15) is 9.49 Å². The van der Waals surface area contributed by atoms with Gasteiger partial charge in [0.2, 0.25) is 11.9 Å². The van der Waals surface area contributed by atoms with Crippen LogP contribution in [0.15, 0.2) is 18.3 Å². The van der Waals surface area contributed by atoms with Crippen LogP contribution in [0, 0.1) is 30.6 Å². The maximum atomic E-state index is 15.3. The number of carbonyl (C=O) groups excluding carboxylic acids is 2. The fraction of sp³-hybridized carbons (Fsp3) is 0.538. The van der Waals surface area contributed by atoms with Crippen molar-refractivity contribution in [1.82, 2.24) is 35.5 Å². The third-order valence-electron chi connectivity index (χ3n) is 7.07. The highest BCUT2D eigenvalue weighted by atomic mass is 19.1. The fourth-order valence-corrected chi connectivity index (χ4v) is 5.02. The Bertz CT molecular complexity index is 1440. The molecule has 0 spiro atoms. The van der Waals surface area contributed by atoms with Crippen LogP contribution in [0.2, 0.25) is 0 Å². The fourth-order valence-electron chi connectivity index (χ4n) is 5.02. The van der Waals surface area contributed by atoms with E-state index in [-0.39, 0.29) is 40.3 Å². The number of halogens is 1. The molecule has 2 fully saturated rings. The average Bonchev–Trinajstić information content (AvgIpc) is 3.83. The second kappa shape index (κ2) is 10.0. The van der Waals surface area contributed by atoms with E-state index >= 15 is 4.39 Å². The summed E-state index contributed by atoms with van der Waals surface area (Å²) < 4.78 is 47.7. The zero-order chi connectivity index (χ0) is 29.6. The third-order valence-corrected chi connectivity index (χ3v) is 7.07. The molecule has 1 unspecified atom stereocenters. The molecular weight excluding hydrogens is 475 g/mol. The van der Waals surface area contributed by atoms with Crippen molar-refractivity contribution >= 4 is 17.6 Å². The molecule has 2 amide bonds. The number of aromatic nitrogens is 6. The molecule has 2 atom stereocenters. The molecule has 3 aromatic heterocycles. The van der Waals surface area contributed by atoms with Crippen molar-refractivity contribution in [3.05, 3.63) is 41.4 Å². The van der Waals surface area contributed by atoms with Gasteiger partial charge in [-0.3, -0.25) is 14.7 Å². The van der Waals surface area contributed by atoms with E-state index in [1.807, 2.05) is 13.8 Å². The Hall–Kier alpha value is -3.63. The van der Waals surface area contributed by atoms with Crippen molar-refractivity contribution < 1.29 is 19.5 Å². The molecule has 3 heterocycles. The van der Waals surface area contributed by atoms with E-state index < -0.39 is 37.1 Å². The standard InChI is InChI=1S/C26H33FN8O2/c1-5-18-21(14(4)32-33-18)17-10-11-20(29-24(17)27)30-26(37)23(22(15-6-7-15)16-8-9-16)31-25(36)19-12-28-34-35(19)13(2)3/h10-13,15-16,22-23H,5-9H2,1-4H3,(H,31,36)(H,32,33)(H,29,30,37)/t23-/m0/s1/i1D3,5D/t5?,23-.